The van der Waals surface area contributed by atoms with Gasteiger partial charge in [-0.25, -0.2) is 0 Å². The fraction of sp³-hybridized carbons (Fsp3) is 0. The second kappa shape index (κ2) is 36.2. The molecule has 0 aromatic carbocycles. The van der Waals surface area contributed by atoms with Crippen molar-refractivity contribution < 1.29 is 101 Å². The van der Waals surface area contributed by atoms with Crippen molar-refractivity contribution >= 4 is 79.7 Å². The second-order valence-electron chi connectivity index (χ2n) is 1.00. The summed E-state index contributed by atoms with van der Waals surface area (Å²) in [5.74, 6) is 0. The fourth-order valence-electron chi connectivity index (χ4n) is 0. The van der Waals surface area contributed by atoms with Crippen LogP contribution in [0.3, 0.4) is 0 Å². The molecule has 0 atom stereocenters. The maximum atomic E-state index is 8.33. The van der Waals surface area contributed by atoms with Crippen LogP contribution in [0.25, 0.3) is 0 Å². The quantitative estimate of drug-likeness (QED) is 0.313. The molecule has 0 aromatic heterocycles. The van der Waals surface area contributed by atoms with Gasteiger partial charge in [0.1, 0.15) is 0 Å². The van der Waals surface area contributed by atoms with Gasteiger partial charge in [-0.05, 0) is 24.6 Å². The van der Waals surface area contributed by atoms with Gasteiger partial charge >= 0.3 is 96.4 Å². The minimum atomic E-state index is -2.33. The van der Waals surface area contributed by atoms with Crippen LogP contribution in [0, 0.1) is 41.3 Å². The molecular formula is C4AlCaO12Pr. The zero-order chi connectivity index (χ0) is 14.3. The maximum Gasteiger partial charge on any atom is 3.00 e. The van der Waals surface area contributed by atoms with Crippen molar-refractivity contribution in [2.75, 3.05) is 0 Å². The average molecular weight is 448 g/mol. The summed E-state index contributed by atoms with van der Waals surface area (Å²) in [5, 5.41) is 66.7. The van der Waals surface area contributed by atoms with Crippen molar-refractivity contribution in [2.45, 2.75) is 0 Å². The van der Waals surface area contributed by atoms with Crippen LogP contribution in [0.2, 0.25) is 0 Å². The van der Waals surface area contributed by atoms with Crippen LogP contribution >= 0.6 is 0 Å². The molecule has 0 saturated carbocycles. The third-order valence-electron chi connectivity index (χ3n) is 0. The Morgan fingerprint density at radius 1 is 0.474 bits per heavy atom. The molecule has 0 spiro atoms. The summed E-state index contributed by atoms with van der Waals surface area (Å²) in [7, 11) is 0. The number of carbonyl (C=O) groups is 4. The zero-order valence-electron chi connectivity index (χ0n) is 8.76. The van der Waals surface area contributed by atoms with E-state index in [1.54, 1.807) is 0 Å². The topological polar surface area (TPSA) is 253 Å². The summed E-state index contributed by atoms with van der Waals surface area (Å²) >= 11 is 0. The van der Waals surface area contributed by atoms with Crippen molar-refractivity contribution in [2.24, 2.45) is 0 Å². The molecule has 0 rings (SSSR count). The smallest absolute Gasteiger partial charge is 0.652 e. The average Bonchev–Trinajstić information content (AvgIpc) is 1.76. The van der Waals surface area contributed by atoms with E-state index in [0.29, 0.717) is 0 Å². The predicted molar refractivity (Wildman–Crippen MR) is 33.1 cm³/mol. The molecule has 0 aliphatic rings. The Labute approximate surface area is 178 Å². The standard InChI is InChI=1S/4CH2O3.Al.Ca.Pr/c4*2-1(3)4;;;/h4*(H2,2,3,4);;;/q;;;;+3;+2;+3/p-8. The number of rotatable bonds is 0. The number of carboxylic acid groups (broad SMARTS) is 8. The van der Waals surface area contributed by atoms with Crippen LogP contribution in [-0.4, -0.2) is 79.7 Å². The van der Waals surface area contributed by atoms with Gasteiger partial charge in [0.25, 0.3) is 0 Å². The monoisotopic (exact) mass is 448 g/mol. The molecular weight excluding hydrogens is 448 g/mol. The number of hydrogen-bond acceptors (Lipinski definition) is 12. The van der Waals surface area contributed by atoms with E-state index in [1.807, 2.05) is 0 Å². The first-order valence-corrected chi connectivity index (χ1v) is 2.45. The zero-order valence-corrected chi connectivity index (χ0v) is 15.8. The Hall–Kier alpha value is 0.236. The van der Waals surface area contributed by atoms with E-state index >= 15 is 0 Å². The molecule has 0 fully saturated rings. The van der Waals surface area contributed by atoms with Gasteiger partial charge in [-0.3, -0.25) is 0 Å². The Bertz CT molecular complexity index is 170. The Balaban J connectivity index is -0.0000000192. The van der Waals surface area contributed by atoms with Crippen LogP contribution in [-0.2, 0) is 0 Å². The summed E-state index contributed by atoms with van der Waals surface area (Å²) in [6, 6.07) is 0. The molecule has 0 unspecified atom stereocenters. The molecule has 19 heavy (non-hydrogen) atoms. The third-order valence-corrected chi connectivity index (χ3v) is 0. The first kappa shape index (κ1) is 42.7. The van der Waals surface area contributed by atoms with E-state index in [2.05, 4.69) is 0 Å². The van der Waals surface area contributed by atoms with Crippen molar-refractivity contribution in [1.82, 2.24) is 0 Å². The molecule has 0 bridgehead atoms. The molecule has 0 amide bonds. The normalized spacial score (nSPS) is 5.05. The Morgan fingerprint density at radius 2 is 0.474 bits per heavy atom. The van der Waals surface area contributed by atoms with Gasteiger partial charge in [-0.1, -0.05) is 0 Å². The molecule has 0 aromatic rings. The molecule has 96 valence electrons. The minimum absolute atomic E-state index is 0. The predicted octanol–water partition coefficient (Wildman–Crippen LogP) is -10.5. The summed E-state index contributed by atoms with van der Waals surface area (Å²) in [5.41, 5.74) is 0. The largest absolute Gasteiger partial charge is 3.00 e. The molecule has 0 N–H and O–H groups in total. The van der Waals surface area contributed by atoms with Gasteiger partial charge in [0.15, 0.2) is 0 Å². The Morgan fingerprint density at radius 3 is 0.474 bits per heavy atom. The van der Waals surface area contributed by atoms with Gasteiger partial charge in [0.2, 0.25) is 0 Å². The van der Waals surface area contributed by atoms with E-state index in [9.17, 15) is 0 Å². The van der Waals surface area contributed by atoms with E-state index in [4.69, 9.17) is 60.0 Å². The van der Waals surface area contributed by atoms with E-state index < -0.39 is 24.6 Å². The van der Waals surface area contributed by atoms with Gasteiger partial charge in [0, 0.05) is 0 Å². The summed E-state index contributed by atoms with van der Waals surface area (Å²) in [4.78, 5) is 33.3. The van der Waals surface area contributed by atoms with Gasteiger partial charge in [0.05, 0.1) is 0 Å². The summed E-state index contributed by atoms with van der Waals surface area (Å²) < 4.78 is 0. The summed E-state index contributed by atoms with van der Waals surface area (Å²) in [6.45, 7) is 0. The maximum absolute atomic E-state index is 8.33. The van der Waals surface area contributed by atoms with Crippen LogP contribution in [0.1, 0.15) is 0 Å². The molecule has 0 radical (unpaired) electrons. The molecule has 0 aliphatic heterocycles. The SMILES string of the molecule is O=C([O-])[O-].O=C([O-])[O-].O=C([O-])[O-].O=C([O-])[O-].[Al+3].[Ca+2].[Pr+3]. The minimum Gasteiger partial charge on any atom is -0.652 e. The molecule has 15 heteroatoms. The first-order chi connectivity index (χ1) is 6.93. The number of hydrogen-bond donors (Lipinski definition) is 0. The number of carbonyl (C=O) groups excluding carboxylic acids is 4. The van der Waals surface area contributed by atoms with Crippen molar-refractivity contribution in [3.8, 4) is 0 Å². The summed E-state index contributed by atoms with van der Waals surface area (Å²) in [6.07, 6.45) is -9.33. The van der Waals surface area contributed by atoms with Crippen LogP contribution in [0.5, 0.6) is 0 Å². The third kappa shape index (κ3) is 86400. The van der Waals surface area contributed by atoms with E-state index in [-0.39, 0.29) is 96.4 Å². The van der Waals surface area contributed by atoms with Crippen molar-refractivity contribution in [3.63, 3.8) is 0 Å². The van der Waals surface area contributed by atoms with Gasteiger partial charge in [-0.2, -0.15) is 0 Å². The molecule has 12 nitrogen and oxygen atoms in total. The first-order valence-electron chi connectivity index (χ1n) is 2.45. The van der Waals surface area contributed by atoms with Crippen LogP contribution in [0.4, 0.5) is 19.2 Å². The van der Waals surface area contributed by atoms with E-state index in [1.165, 1.54) is 0 Å². The Kier molecular flexibility index (Phi) is 81.4. The van der Waals surface area contributed by atoms with Gasteiger partial charge in [-0.15, -0.1) is 0 Å². The fourth-order valence-corrected chi connectivity index (χ4v) is 0. The van der Waals surface area contributed by atoms with Crippen molar-refractivity contribution in [1.29, 1.82) is 0 Å². The van der Waals surface area contributed by atoms with E-state index in [0.717, 1.165) is 0 Å². The second-order valence-corrected chi connectivity index (χ2v) is 1.00. The van der Waals surface area contributed by atoms with Crippen molar-refractivity contribution in [3.05, 3.63) is 0 Å². The molecule has 0 aliphatic carbocycles. The molecule has 0 heterocycles. The van der Waals surface area contributed by atoms with Gasteiger partial charge < -0.3 is 60.0 Å². The van der Waals surface area contributed by atoms with Crippen LogP contribution < -0.4 is 40.9 Å². The molecule has 0 saturated heterocycles. The van der Waals surface area contributed by atoms with Crippen LogP contribution in [0.15, 0.2) is 0 Å².